The summed E-state index contributed by atoms with van der Waals surface area (Å²) in [5.74, 6) is 0.547. The Balaban J connectivity index is 2.02. The lowest BCUT2D eigenvalue weighted by Crippen LogP contribution is -2.30. The second kappa shape index (κ2) is 6.47. The number of carbonyl (C=O) groups excluding carboxylic acids is 1. The molecule has 0 radical (unpaired) electrons. The average Bonchev–Trinajstić information content (AvgIpc) is 2.81. The molecular weight excluding hydrogens is 274 g/mol. The third kappa shape index (κ3) is 3.77. The molecule has 0 bridgehead atoms. The first kappa shape index (κ1) is 14.5. The number of nitrogens with one attached hydrogen (secondary N) is 1. The molecule has 0 aliphatic rings. The highest BCUT2D eigenvalue weighted by Gasteiger charge is 2.09. The maximum absolute atomic E-state index is 11.9. The molecule has 0 saturated heterocycles. The Morgan fingerprint density at radius 1 is 1.40 bits per heavy atom. The number of amides is 1. The van der Waals surface area contributed by atoms with Crippen molar-refractivity contribution >= 4 is 17.6 Å². The molecule has 1 aromatic carbocycles. The van der Waals surface area contributed by atoms with Crippen molar-refractivity contribution in [3.05, 3.63) is 41.2 Å². The van der Waals surface area contributed by atoms with E-state index in [9.17, 15) is 4.79 Å². The number of benzene rings is 1. The van der Waals surface area contributed by atoms with Crippen LogP contribution in [0.3, 0.4) is 0 Å². The van der Waals surface area contributed by atoms with Crippen LogP contribution in [0, 0.1) is 6.92 Å². The average molecular weight is 291 g/mol. The van der Waals surface area contributed by atoms with E-state index >= 15 is 0 Å². The van der Waals surface area contributed by atoms with Crippen LogP contribution in [0.1, 0.15) is 35.6 Å². The summed E-state index contributed by atoms with van der Waals surface area (Å²) in [6.07, 6.45) is 0. The molecule has 1 aromatic heterocycles. The number of rotatable bonds is 5. The highest BCUT2D eigenvalue weighted by molar-refractivity contribution is 6.99. The number of nitrogens with zero attached hydrogens (tertiary/aromatic N) is 2. The van der Waals surface area contributed by atoms with Crippen LogP contribution in [-0.2, 0) is 6.61 Å². The predicted octanol–water partition coefficient (Wildman–Crippen LogP) is 2.56. The molecule has 0 fully saturated rings. The number of carbonyl (C=O) groups is 1. The van der Waals surface area contributed by atoms with Crippen LogP contribution in [0.4, 0.5) is 0 Å². The topological polar surface area (TPSA) is 64.1 Å². The number of hydrogen-bond donors (Lipinski definition) is 1. The van der Waals surface area contributed by atoms with Crippen LogP contribution in [-0.4, -0.2) is 20.7 Å². The van der Waals surface area contributed by atoms with E-state index in [1.807, 2.05) is 26.8 Å². The number of aryl methyl sites for hydroxylation is 1. The molecule has 1 heterocycles. The number of hydrogen-bond acceptors (Lipinski definition) is 5. The number of ether oxygens (including phenoxy) is 1. The van der Waals surface area contributed by atoms with Crippen molar-refractivity contribution in [1.82, 2.24) is 14.1 Å². The highest BCUT2D eigenvalue weighted by Crippen LogP contribution is 2.16. The van der Waals surface area contributed by atoms with Gasteiger partial charge in [0.2, 0.25) is 0 Å². The molecule has 2 rings (SSSR count). The fourth-order valence-corrected chi connectivity index (χ4v) is 2.16. The van der Waals surface area contributed by atoms with Crippen molar-refractivity contribution in [3.8, 4) is 5.75 Å². The smallest absolute Gasteiger partial charge is 0.251 e. The van der Waals surface area contributed by atoms with Gasteiger partial charge in [-0.05, 0) is 39.0 Å². The molecule has 0 aliphatic carbocycles. The van der Waals surface area contributed by atoms with Gasteiger partial charge in [0.25, 0.3) is 5.91 Å². The Labute approximate surface area is 122 Å². The van der Waals surface area contributed by atoms with Gasteiger partial charge >= 0.3 is 0 Å². The van der Waals surface area contributed by atoms with Crippen molar-refractivity contribution in [2.45, 2.75) is 33.4 Å². The minimum absolute atomic E-state index is 0.100. The standard InChI is InChI=1S/C14H17N3O2S/c1-9(2)15-14(18)11-5-4-6-12(7-11)19-8-13-10(3)16-20-17-13/h4-7,9H,8H2,1-3H3,(H,15,18). The first-order valence-electron chi connectivity index (χ1n) is 6.38. The minimum atomic E-state index is -0.100. The minimum Gasteiger partial charge on any atom is -0.487 e. The van der Waals surface area contributed by atoms with Crippen LogP contribution in [0.15, 0.2) is 24.3 Å². The zero-order valence-corrected chi connectivity index (χ0v) is 12.5. The summed E-state index contributed by atoms with van der Waals surface area (Å²) in [5.41, 5.74) is 2.29. The van der Waals surface area contributed by atoms with Crippen LogP contribution in [0.2, 0.25) is 0 Å². The highest BCUT2D eigenvalue weighted by atomic mass is 32.1. The van der Waals surface area contributed by atoms with Gasteiger partial charge in [-0.25, -0.2) is 0 Å². The van der Waals surface area contributed by atoms with E-state index in [-0.39, 0.29) is 11.9 Å². The SMILES string of the molecule is Cc1nsnc1COc1cccc(C(=O)NC(C)C)c1. The van der Waals surface area contributed by atoms with E-state index in [2.05, 4.69) is 14.1 Å². The van der Waals surface area contributed by atoms with E-state index in [0.717, 1.165) is 11.4 Å². The van der Waals surface area contributed by atoms with Crippen molar-refractivity contribution < 1.29 is 9.53 Å². The van der Waals surface area contributed by atoms with Gasteiger partial charge < -0.3 is 10.1 Å². The zero-order valence-electron chi connectivity index (χ0n) is 11.7. The zero-order chi connectivity index (χ0) is 14.5. The van der Waals surface area contributed by atoms with Gasteiger partial charge in [-0.1, -0.05) is 6.07 Å². The molecule has 1 N–H and O–H groups in total. The van der Waals surface area contributed by atoms with E-state index in [0.29, 0.717) is 17.9 Å². The van der Waals surface area contributed by atoms with E-state index in [1.54, 1.807) is 18.2 Å². The molecule has 6 heteroatoms. The van der Waals surface area contributed by atoms with Gasteiger partial charge in [0, 0.05) is 11.6 Å². The first-order valence-corrected chi connectivity index (χ1v) is 7.11. The van der Waals surface area contributed by atoms with Crippen molar-refractivity contribution in [1.29, 1.82) is 0 Å². The lowest BCUT2D eigenvalue weighted by Gasteiger charge is -2.10. The van der Waals surface area contributed by atoms with Gasteiger partial charge in [0.1, 0.15) is 18.1 Å². The largest absolute Gasteiger partial charge is 0.487 e. The maximum Gasteiger partial charge on any atom is 0.251 e. The maximum atomic E-state index is 11.9. The second-order valence-electron chi connectivity index (χ2n) is 4.74. The van der Waals surface area contributed by atoms with E-state index in [4.69, 9.17) is 4.74 Å². The third-order valence-electron chi connectivity index (χ3n) is 2.64. The van der Waals surface area contributed by atoms with Crippen molar-refractivity contribution in [2.24, 2.45) is 0 Å². The normalized spacial score (nSPS) is 10.6. The van der Waals surface area contributed by atoms with Crippen LogP contribution < -0.4 is 10.1 Å². The van der Waals surface area contributed by atoms with Crippen LogP contribution in [0.25, 0.3) is 0 Å². The van der Waals surface area contributed by atoms with Crippen LogP contribution in [0.5, 0.6) is 5.75 Å². The lowest BCUT2D eigenvalue weighted by atomic mass is 10.2. The van der Waals surface area contributed by atoms with Gasteiger partial charge in [-0.15, -0.1) is 0 Å². The van der Waals surface area contributed by atoms with Gasteiger partial charge in [-0.2, -0.15) is 8.75 Å². The Bertz CT molecular complexity index is 596. The molecule has 2 aromatic rings. The molecule has 0 saturated carbocycles. The monoisotopic (exact) mass is 291 g/mol. The van der Waals surface area contributed by atoms with Gasteiger partial charge in [0.15, 0.2) is 0 Å². The number of aromatic nitrogens is 2. The fourth-order valence-electron chi connectivity index (χ4n) is 1.60. The Hall–Kier alpha value is -1.95. The summed E-state index contributed by atoms with van der Waals surface area (Å²) < 4.78 is 13.9. The Kier molecular flexibility index (Phi) is 4.68. The summed E-state index contributed by atoms with van der Waals surface area (Å²) in [7, 11) is 0. The summed E-state index contributed by atoms with van der Waals surface area (Å²) >= 11 is 1.17. The molecule has 20 heavy (non-hydrogen) atoms. The third-order valence-corrected chi connectivity index (χ3v) is 3.30. The second-order valence-corrected chi connectivity index (χ2v) is 5.27. The molecule has 5 nitrogen and oxygen atoms in total. The fraction of sp³-hybridized carbons (Fsp3) is 0.357. The summed E-state index contributed by atoms with van der Waals surface area (Å²) in [5, 5.41) is 2.85. The lowest BCUT2D eigenvalue weighted by molar-refractivity contribution is 0.0942. The van der Waals surface area contributed by atoms with Gasteiger partial charge in [0.05, 0.1) is 17.4 Å². The van der Waals surface area contributed by atoms with E-state index < -0.39 is 0 Å². The predicted molar refractivity (Wildman–Crippen MR) is 78.0 cm³/mol. The molecule has 0 aliphatic heterocycles. The van der Waals surface area contributed by atoms with Crippen LogP contribution >= 0.6 is 11.7 Å². The molecular formula is C14H17N3O2S. The molecule has 106 valence electrons. The molecule has 0 atom stereocenters. The first-order chi connectivity index (χ1) is 9.56. The Morgan fingerprint density at radius 2 is 2.20 bits per heavy atom. The van der Waals surface area contributed by atoms with Crippen molar-refractivity contribution in [3.63, 3.8) is 0 Å². The summed E-state index contributed by atoms with van der Waals surface area (Å²) in [6.45, 7) is 6.11. The molecule has 0 spiro atoms. The summed E-state index contributed by atoms with van der Waals surface area (Å²) in [6, 6.07) is 7.22. The van der Waals surface area contributed by atoms with Crippen molar-refractivity contribution in [2.75, 3.05) is 0 Å². The van der Waals surface area contributed by atoms with Gasteiger partial charge in [-0.3, -0.25) is 4.79 Å². The van der Waals surface area contributed by atoms with E-state index in [1.165, 1.54) is 11.7 Å². The summed E-state index contributed by atoms with van der Waals surface area (Å²) in [4.78, 5) is 11.9. The molecule has 1 amide bonds. The molecule has 0 unspecified atom stereocenters. The Morgan fingerprint density at radius 3 is 2.85 bits per heavy atom. The quantitative estimate of drug-likeness (QED) is 0.919.